The Morgan fingerprint density at radius 3 is 2.70 bits per heavy atom. The molecule has 3 heterocycles. The summed E-state index contributed by atoms with van der Waals surface area (Å²) in [5.74, 6) is 0.174. The zero-order chi connectivity index (χ0) is 19.8. The summed E-state index contributed by atoms with van der Waals surface area (Å²) >= 11 is 0. The van der Waals surface area contributed by atoms with Gasteiger partial charge in [0, 0.05) is 18.4 Å². The first-order valence-electron chi connectivity index (χ1n) is 8.92. The second-order valence-electron chi connectivity index (χ2n) is 7.71. The molecule has 7 nitrogen and oxygen atoms in total. The van der Waals surface area contributed by atoms with Crippen LogP contribution >= 0.6 is 0 Å². The number of hydrogen-bond acceptors (Lipinski definition) is 5. The van der Waals surface area contributed by atoms with Crippen molar-refractivity contribution in [2.24, 2.45) is 0 Å². The van der Waals surface area contributed by atoms with Crippen molar-refractivity contribution in [3.8, 4) is 5.88 Å². The highest BCUT2D eigenvalue weighted by atomic mass is 19.3. The number of carbonyl (C=O) groups excluding carboxylic acids is 1. The number of imidazole rings is 1. The van der Waals surface area contributed by atoms with Crippen molar-refractivity contribution in [2.45, 2.75) is 64.7 Å². The molecule has 9 heteroatoms. The maximum atomic E-state index is 13.1. The van der Waals surface area contributed by atoms with Gasteiger partial charge in [-0.05, 0) is 40.5 Å². The minimum atomic E-state index is -2.64. The van der Waals surface area contributed by atoms with Crippen LogP contribution in [0.3, 0.4) is 0 Å². The number of piperidine rings is 1. The van der Waals surface area contributed by atoms with E-state index in [9.17, 15) is 13.6 Å². The van der Waals surface area contributed by atoms with E-state index >= 15 is 0 Å². The number of ether oxygens (including phenoxy) is 2. The molecule has 1 aliphatic heterocycles. The maximum Gasteiger partial charge on any atom is 0.410 e. The van der Waals surface area contributed by atoms with Gasteiger partial charge in [0.2, 0.25) is 5.65 Å². The van der Waals surface area contributed by atoms with Gasteiger partial charge in [-0.15, -0.1) is 0 Å². The Labute approximate surface area is 156 Å². The van der Waals surface area contributed by atoms with Gasteiger partial charge >= 0.3 is 6.09 Å². The largest absolute Gasteiger partial charge is 0.470 e. The van der Waals surface area contributed by atoms with Gasteiger partial charge in [-0.2, -0.15) is 0 Å². The smallest absolute Gasteiger partial charge is 0.410 e. The summed E-state index contributed by atoms with van der Waals surface area (Å²) < 4.78 is 38.8. The zero-order valence-electron chi connectivity index (χ0n) is 15.9. The molecule has 1 amide bonds. The van der Waals surface area contributed by atoms with Crippen LogP contribution in [-0.4, -0.2) is 49.7 Å². The SMILES string of the molecule is CC1CCC(Oc2nccn3c(C(F)F)cnc23)CN1C(=O)OC(C)(C)C. The third-order valence-electron chi connectivity index (χ3n) is 4.39. The fourth-order valence-electron chi connectivity index (χ4n) is 3.06. The van der Waals surface area contributed by atoms with Crippen LogP contribution in [0.5, 0.6) is 5.88 Å². The lowest BCUT2D eigenvalue weighted by molar-refractivity contribution is -0.00582. The molecule has 0 radical (unpaired) electrons. The molecule has 1 fully saturated rings. The Bertz CT molecular complexity index is 819. The van der Waals surface area contributed by atoms with E-state index in [1.165, 1.54) is 16.8 Å². The fraction of sp³-hybridized carbons (Fsp3) is 0.611. The van der Waals surface area contributed by atoms with Crippen molar-refractivity contribution in [2.75, 3.05) is 6.54 Å². The summed E-state index contributed by atoms with van der Waals surface area (Å²) in [7, 11) is 0. The molecule has 0 aromatic carbocycles. The summed E-state index contributed by atoms with van der Waals surface area (Å²) in [6, 6.07) is 0.0281. The molecule has 2 atom stereocenters. The van der Waals surface area contributed by atoms with Crippen LogP contribution in [0.1, 0.15) is 52.7 Å². The average molecular weight is 382 g/mol. The number of alkyl halides is 2. The van der Waals surface area contributed by atoms with Gasteiger partial charge < -0.3 is 14.4 Å². The highest BCUT2D eigenvalue weighted by Gasteiger charge is 2.33. The molecule has 0 spiro atoms. The number of fused-ring (bicyclic) bond motifs is 1. The number of likely N-dealkylation sites (tertiary alicyclic amines) is 1. The first kappa shape index (κ1) is 19.3. The number of halogens is 2. The van der Waals surface area contributed by atoms with E-state index in [1.807, 2.05) is 27.7 Å². The first-order chi connectivity index (χ1) is 12.7. The third kappa shape index (κ3) is 4.28. The van der Waals surface area contributed by atoms with Crippen molar-refractivity contribution >= 4 is 11.7 Å². The highest BCUT2D eigenvalue weighted by molar-refractivity contribution is 5.68. The zero-order valence-corrected chi connectivity index (χ0v) is 15.9. The molecule has 2 aromatic heterocycles. The topological polar surface area (TPSA) is 69.0 Å². The second-order valence-corrected chi connectivity index (χ2v) is 7.71. The van der Waals surface area contributed by atoms with Crippen molar-refractivity contribution < 1.29 is 23.0 Å². The first-order valence-corrected chi connectivity index (χ1v) is 8.92. The summed E-state index contributed by atoms with van der Waals surface area (Å²) in [6.07, 6.45) is 2.03. The molecule has 0 bridgehead atoms. The van der Waals surface area contributed by atoms with Crippen molar-refractivity contribution in [1.29, 1.82) is 0 Å². The van der Waals surface area contributed by atoms with E-state index in [0.717, 1.165) is 12.6 Å². The lowest BCUT2D eigenvalue weighted by atomic mass is 10.0. The normalized spacial score (nSPS) is 20.9. The molecule has 1 aliphatic rings. The maximum absolute atomic E-state index is 13.1. The monoisotopic (exact) mass is 382 g/mol. The molecule has 1 saturated heterocycles. The van der Waals surface area contributed by atoms with Crippen LogP contribution < -0.4 is 4.74 Å². The van der Waals surface area contributed by atoms with Gasteiger partial charge in [0.05, 0.1) is 12.7 Å². The Hall–Kier alpha value is -2.45. The number of rotatable bonds is 3. The second kappa shape index (κ2) is 7.28. The van der Waals surface area contributed by atoms with Crippen LogP contribution in [0, 0.1) is 0 Å². The van der Waals surface area contributed by atoms with Gasteiger partial charge in [0.1, 0.15) is 17.4 Å². The van der Waals surface area contributed by atoms with Crippen LogP contribution in [0.25, 0.3) is 5.65 Å². The van der Waals surface area contributed by atoms with E-state index in [0.29, 0.717) is 13.0 Å². The molecule has 2 aromatic rings. The predicted octanol–water partition coefficient (Wildman–Crippen LogP) is 3.83. The van der Waals surface area contributed by atoms with Crippen molar-refractivity contribution in [3.63, 3.8) is 0 Å². The Morgan fingerprint density at radius 1 is 1.30 bits per heavy atom. The van der Waals surface area contributed by atoms with Gasteiger partial charge in [0.15, 0.2) is 0 Å². The Balaban J connectivity index is 1.76. The molecule has 0 N–H and O–H groups in total. The summed E-state index contributed by atoms with van der Waals surface area (Å²) in [5.41, 5.74) is -0.570. The number of carbonyl (C=O) groups is 1. The van der Waals surface area contributed by atoms with Crippen LogP contribution in [0.15, 0.2) is 18.6 Å². The summed E-state index contributed by atoms with van der Waals surface area (Å²) in [6.45, 7) is 7.74. The predicted molar refractivity (Wildman–Crippen MR) is 94.0 cm³/mol. The van der Waals surface area contributed by atoms with E-state index in [1.54, 1.807) is 4.90 Å². The molecule has 2 unspecified atom stereocenters. The van der Waals surface area contributed by atoms with E-state index in [-0.39, 0.29) is 29.4 Å². The van der Waals surface area contributed by atoms with Gasteiger partial charge in [-0.25, -0.2) is 23.5 Å². The lowest BCUT2D eigenvalue weighted by Gasteiger charge is -2.38. The molecular weight excluding hydrogens is 358 g/mol. The van der Waals surface area contributed by atoms with E-state index < -0.39 is 18.1 Å². The lowest BCUT2D eigenvalue weighted by Crippen LogP contribution is -2.50. The fourth-order valence-corrected chi connectivity index (χ4v) is 3.06. The average Bonchev–Trinajstić information content (AvgIpc) is 3.00. The molecule has 148 valence electrons. The quantitative estimate of drug-likeness (QED) is 0.807. The molecule has 27 heavy (non-hydrogen) atoms. The minimum Gasteiger partial charge on any atom is -0.470 e. The van der Waals surface area contributed by atoms with Crippen LogP contribution in [0.4, 0.5) is 13.6 Å². The summed E-state index contributed by atoms with van der Waals surface area (Å²) in [4.78, 5) is 22.2. The van der Waals surface area contributed by atoms with Crippen LogP contribution in [0.2, 0.25) is 0 Å². The Morgan fingerprint density at radius 2 is 2.04 bits per heavy atom. The van der Waals surface area contributed by atoms with Gasteiger partial charge in [-0.1, -0.05) is 0 Å². The number of amides is 1. The number of aromatic nitrogens is 3. The molecule has 3 rings (SSSR count). The number of nitrogens with zero attached hydrogens (tertiary/aromatic N) is 4. The Kier molecular flexibility index (Phi) is 5.21. The van der Waals surface area contributed by atoms with Crippen molar-refractivity contribution in [1.82, 2.24) is 19.3 Å². The standard InChI is InChI=1S/C18H24F2N4O3/c1-11-5-6-12(10-24(11)17(25)27-18(2,3)4)26-16-15-22-9-13(14(19)20)23(15)8-7-21-16/h7-9,11-12,14H,5-6,10H2,1-4H3. The third-order valence-corrected chi connectivity index (χ3v) is 4.39. The van der Waals surface area contributed by atoms with E-state index in [2.05, 4.69) is 9.97 Å². The van der Waals surface area contributed by atoms with Gasteiger partial charge in [0.25, 0.3) is 12.3 Å². The van der Waals surface area contributed by atoms with Crippen molar-refractivity contribution in [3.05, 3.63) is 24.3 Å². The molecule has 0 aliphatic carbocycles. The number of hydrogen-bond donors (Lipinski definition) is 0. The highest BCUT2D eigenvalue weighted by Crippen LogP contribution is 2.27. The van der Waals surface area contributed by atoms with Gasteiger partial charge in [-0.3, -0.25) is 4.40 Å². The molecular formula is C18H24F2N4O3. The van der Waals surface area contributed by atoms with Crippen LogP contribution in [-0.2, 0) is 4.74 Å². The molecule has 0 saturated carbocycles. The summed E-state index contributed by atoms with van der Waals surface area (Å²) in [5, 5.41) is 0. The van der Waals surface area contributed by atoms with E-state index in [4.69, 9.17) is 9.47 Å². The minimum absolute atomic E-state index is 0.0281.